The Morgan fingerprint density at radius 2 is 2.00 bits per heavy atom. The largest absolute Gasteiger partial charge is 0.384 e. The number of nitrogens with zero attached hydrogens (tertiary/aromatic N) is 3. The van der Waals surface area contributed by atoms with E-state index in [1.165, 1.54) is 0 Å². The maximum Gasteiger partial charge on any atom is 0.153 e. The number of methoxy groups -OCH3 is 1. The lowest BCUT2D eigenvalue weighted by atomic mass is 10.2. The molecule has 4 rings (SSSR count). The number of para-hydroxylation sites is 1. The molecule has 3 heterocycles. The summed E-state index contributed by atoms with van der Waals surface area (Å²) in [5.74, 6) is 1.92. The highest BCUT2D eigenvalue weighted by Gasteiger charge is 2.32. The average Bonchev–Trinajstić information content (AvgIpc) is 3.04. The normalized spacial score (nSPS) is 15.9. The Bertz CT molecular complexity index is 1120. The number of ether oxygens (including phenoxy) is 1. The van der Waals surface area contributed by atoms with Gasteiger partial charge in [0.25, 0.3) is 0 Å². The summed E-state index contributed by atoms with van der Waals surface area (Å²) in [5, 5.41) is 4.37. The molecule has 0 unspecified atom stereocenters. The van der Waals surface area contributed by atoms with Gasteiger partial charge in [0.2, 0.25) is 0 Å². The zero-order valence-corrected chi connectivity index (χ0v) is 18.6. The van der Waals surface area contributed by atoms with Crippen molar-refractivity contribution in [2.75, 3.05) is 37.5 Å². The zero-order chi connectivity index (χ0) is 20.4. The number of nitrogens with one attached hydrogen (secondary N) is 1. The Labute approximate surface area is 182 Å². The lowest BCUT2D eigenvalue weighted by molar-refractivity contribution is 0.199. The summed E-state index contributed by atoms with van der Waals surface area (Å²) in [6, 6.07) is 8.10. The summed E-state index contributed by atoms with van der Waals surface area (Å²) >= 11 is 0. The minimum atomic E-state index is -2.78. The number of nitrogens with two attached hydrogens (primary N) is 1. The van der Waals surface area contributed by atoms with Gasteiger partial charge in [0.05, 0.1) is 29.1 Å². The molecule has 10 heteroatoms. The highest BCUT2D eigenvalue weighted by atomic mass is 35.5. The summed E-state index contributed by atoms with van der Waals surface area (Å²) in [7, 11) is -1.09. The number of nitrogen functional groups attached to an aromatic ring is 1. The van der Waals surface area contributed by atoms with Crippen molar-refractivity contribution in [3.05, 3.63) is 30.1 Å². The number of hydrogen-bond acceptors (Lipinski definition) is 7. The van der Waals surface area contributed by atoms with Gasteiger partial charge in [-0.3, -0.25) is 0 Å². The van der Waals surface area contributed by atoms with Crippen molar-refractivity contribution in [1.29, 1.82) is 0 Å². The third kappa shape index (κ3) is 4.69. The molecule has 1 saturated heterocycles. The lowest BCUT2D eigenvalue weighted by Gasteiger charge is -2.26. The van der Waals surface area contributed by atoms with E-state index < -0.39 is 9.84 Å². The number of anilines is 1. The van der Waals surface area contributed by atoms with Crippen molar-refractivity contribution < 1.29 is 13.2 Å². The van der Waals surface area contributed by atoms with Crippen LogP contribution in [-0.4, -0.2) is 60.8 Å². The summed E-state index contributed by atoms with van der Waals surface area (Å²) in [5.41, 5.74) is 8.84. The minimum Gasteiger partial charge on any atom is -0.384 e. The molecule has 0 atom stereocenters. The van der Waals surface area contributed by atoms with Crippen LogP contribution in [-0.2, 0) is 27.5 Å². The predicted molar refractivity (Wildman–Crippen MR) is 122 cm³/mol. The smallest absolute Gasteiger partial charge is 0.153 e. The fourth-order valence-electron chi connectivity index (χ4n) is 3.91. The molecule has 8 nitrogen and oxygen atoms in total. The predicted octanol–water partition coefficient (Wildman–Crippen LogP) is 1.94. The van der Waals surface area contributed by atoms with E-state index in [0.29, 0.717) is 18.8 Å². The average molecular weight is 454 g/mol. The van der Waals surface area contributed by atoms with Crippen LogP contribution < -0.4 is 11.1 Å². The molecule has 0 radical (unpaired) electrons. The molecule has 0 aliphatic carbocycles. The standard InChI is InChI=1S/C20H27N5O3S.ClH/c1-28-11-8-17-24-18-19(15-6-2-3-7-16(15)23-20(18)21)25(17)10-5-4-9-22-14-12-29(26,27)13-14;/h2-3,6-7,14,22H,4-5,8-13H2,1H3,(H2,21,23);1H. The summed E-state index contributed by atoms with van der Waals surface area (Å²) in [6.07, 6.45) is 2.62. The van der Waals surface area contributed by atoms with Gasteiger partial charge in [0, 0.05) is 31.5 Å². The molecule has 164 valence electrons. The first-order chi connectivity index (χ1) is 14.0. The Balaban J connectivity index is 0.00000256. The monoisotopic (exact) mass is 453 g/mol. The van der Waals surface area contributed by atoms with E-state index in [0.717, 1.165) is 53.7 Å². The zero-order valence-electron chi connectivity index (χ0n) is 17.0. The van der Waals surface area contributed by atoms with Crippen molar-refractivity contribution >= 4 is 50.0 Å². The second-order valence-electron chi connectivity index (χ2n) is 7.57. The fourth-order valence-corrected chi connectivity index (χ4v) is 5.28. The van der Waals surface area contributed by atoms with Crippen molar-refractivity contribution in [3.63, 3.8) is 0 Å². The molecule has 3 N–H and O–H groups in total. The highest BCUT2D eigenvalue weighted by Crippen LogP contribution is 2.29. The molecule has 1 aliphatic heterocycles. The van der Waals surface area contributed by atoms with Crippen LogP contribution >= 0.6 is 12.4 Å². The summed E-state index contributed by atoms with van der Waals surface area (Å²) < 4.78 is 30.0. The van der Waals surface area contributed by atoms with E-state index in [2.05, 4.69) is 20.9 Å². The van der Waals surface area contributed by atoms with Gasteiger partial charge in [0.15, 0.2) is 15.7 Å². The SMILES string of the molecule is COCCc1nc2c(N)nc3ccccc3c2n1CCCCNC1CS(=O)(=O)C1.Cl. The van der Waals surface area contributed by atoms with Crippen molar-refractivity contribution in [1.82, 2.24) is 19.9 Å². The Morgan fingerprint density at radius 1 is 1.23 bits per heavy atom. The number of aromatic nitrogens is 3. The van der Waals surface area contributed by atoms with Gasteiger partial charge in [0.1, 0.15) is 11.3 Å². The molecular formula is C20H28ClN5O3S. The van der Waals surface area contributed by atoms with Gasteiger partial charge in [-0.25, -0.2) is 18.4 Å². The number of fused-ring (bicyclic) bond motifs is 3. The number of hydrogen-bond donors (Lipinski definition) is 2. The maximum atomic E-state index is 11.2. The van der Waals surface area contributed by atoms with Crippen LogP contribution in [0.3, 0.4) is 0 Å². The topological polar surface area (TPSA) is 112 Å². The molecule has 1 aromatic carbocycles. The lowest BCUT2D eigenvalue weighted by Crippen LogP contribution is -2.51. The maximum absolute atomic E-state index is 11.2. The van der Waals surface area contributed by atoms with Gasteiger partial charge < -0.3 is 20.4 Å². The van der Waals surface area contributed by atoms with Crippen LogP contribution in [0, 0.1) is 0 Å². The van der Waals surface area contributed by atoms with Crippen LogP contribution in [0.15, 0.2) is 24.3 Å². The van der Waals surface area contributed by atoms with Gasteiger partial charge in [-0.2, -0.15) is 0 Å². The molecule has 1 aliphatic rings. The molecule has 0 amide bonds. The van der Waals surface area contributed by atoms with Crippen molar-refractivity contribution in [2.24, 2.45) is 0 Å². The second kappa shape index (κ2) is 9.47. The first-order valence-corrected chi connectivity index (χ1v) is 11.8. The fraction of sp³-hybridized carbons (Fsp3) is 0.500. The van der Waals surface area contributed by atoms with Gasteiger partial charge >= 0.3 is 0 Å². The van der Waals surface area contributed by atoms with Crippen LogP contribution in [0.2, 0.25) is 0 Å². The van der Waals surface area contributed by atoms with E-state index in [1.807, 2.05) is 18.2 Å². The number of pyridine rings is 1. The van der Waals surface area contributed by atoms with Crippen molar-refractivity contribution in [2.45, 2.75) is 31.8 Å². The van der Waals surface area contributed by atoms with Gasteiger partial charge in [-0.1, -0.05) is 18.2 Å². The Hall–Kier alpha value is -1.94. The summed E-state index contributed by atoms with van der Waals surface area (Å²) in [4.78, 5) is 9.29. The van der Waals surface area contributed by atoms with Gasteiger partial charge in [-0.15, -0.1) is 12.4 Å². The molecule has 30 heavy (non-hydrogen) atoms. The van der Waals surface area contributed by atoms with Crippen LogP contribution in [0.5, 0.6) is 0 Å². The summed E-state index contributed by atoms with van der Waals surface area (Å²) in [6.45, 7) is 2.21. The second-order valence-corrected chi connectivity index (χ2v) is 9.72. The minimum absolute atomic E-state index is 0. The quantitative estimate of drug-likeness (QED) is 0.476. The molecule has 0 bridgehead atoms. The molecule has 1 fully saturated rings. The van der Waals surface area contributed by atoms with E-state index >= 15 is 0 Å². The van der Waals surface area contributed by atoms with E-state index in [1.54, 1.807) is 7.11 Å². The van der Waals surface area contributed by atoms with E-state index in [4.69, 9.17) is 15.5 Å². The highest BCUT2D eigenvalue weighted by molar-refractivity contribution is 7.92. The van der Waals surface area contributed by atoms with E-state index in [-0.39, 0.29) is 30.0 Å². The molecular weight excluding hydrogens is 426 g/mol. The number of benzene rings is 1. The number of unbranched alkanes of at least 4 members (excludes halogenated alkanes) is 1. The number of aryl methyl sites for hydroxylation is 1. The molecule has 3 aromatic rings. The van der Waals surface area contributed by atoms with Crippen LogP contribution in [0.1, 0.15) is 18.7 Å². The number of sulfone groups is 1. The van der Waals surface area contributed by atoms with Crippen LogP contribution in [0.4, 0.5) is 5.82 Å². The Morgan fingerprint density at radius 3 is 2.73 bits per heavy atom. The Kier molecular flexibility index (Phi) is 7.18. The number of halogens is 1. The first-order valence-electron chi connectivity index (χ1n) is 9.94. The van der Waals surface area contributed by atoms with E-state index in [9.17, 15) is 8.42 Å². The number of rotatable bonds is 9. The van der Waals surface area contributed by atoms with Gasteiger partial charge in [-0.05, 0) is 25.5 Å². The van der Waals surface area contributed by atoms with Crippen LogP contribution in [0.25, 0.3) is 21.9 Å². The molecule has 0 saturated carbocycles. The first kappa shape index (κ1) is 22.7. The third-order valence-corrected chi connectivity index (χ3v) is 7.19. The third-order valence-electron chi connectivity index (χ3n) is 5.37. The molecule has 0 spiro atoms. The van der Waals surface area contributed by atoms with Crippen molar-refractivity contribution in [3.8, 4) is 0 Å². The number of imidazole rings is 1. The molecule has 2 aromatic heterocycles.